The summed E-state index contributed by atoms with van der Waals surface area (Å²) >= 11 is 0. The quantitative estimate of drug-likeness (QED) is 0.684. The molecule has 20 heavy (non-hydrogen) atoms. The lowest BCUT2D eigenvalue weighted by atomic mass is 10.3. The van der Waals surface area contributed by atoms with Gasteiger partial charge in [-0.2, -0.15) is 5.10 Å². The zero-order chi connectivity index (χ0) is 14.7. The Labute approximate surface area is 117 Å². The Balaban J connectivity index is 2.15. The summed E-state index contributed by atoms with van der Waals surface area (Å²) in [6.07, 6.45) is 1.42. The number of carbonyl (C=O) groups excluding carboxylic acids is 1. The van der Waals surface area contributed by atoms with E-state index >= 15 is 0 Å². The highest BCUT2D eigenvalue weighted by atomic mass is 16.5. The molecule has 0 amide bonds. The van der Waals surface area contributed by atoms with Crippen LogP contribution in [-0.4, -0.2) is 22.9 Å². The molecule has 0 atom stereocenters. The van der Waals surface area contributed by atoms with Crippen LogP contribution in [0.3, 0.4) is 0 Å². The van der Waals surface area contributed by atoms with E-state index in [1.165, 1.54) is 6.20 Å². The molecule has 1 aromatic carbocycles. The predicted octanol–water partition coefficient (Wildman–Crippen LogP) is 2.27. The summed E-state index contributed by atoms with van der Waals surface area (Å²) in [7, 11) is 1.57. The van der Waals surface area contributed by atoms with E-state index in [1.807, 2.05) is 13.8 Å². The molecule has 6 heteroatoms. The summed E-state index contributed by atoms with van der Waals surface area (Å²) in [5.74, 6) is 0.891. The number of hydrogen-bond acceptors (Lipinski definition) is 5. The smallest absolute Gasteiger partial charge is 0.348 e. The molecule has 106 valence electrons. The summed E-state index contributed by atoms with van der Waals surface area (Å²) in [6.45, 7) is 3.86. The first-order chi connectivity index (χ1) is 9.52. The lowest BCUT2D eigenvalue weighted by Crippen LogP contribution is -2.13. The van der Waals surface area contributed by atoms with E-state index in [0.717, 1.165) is 0 Å². The van der Waals surface area contributed by atoms with E-state index in [-0.39, 0.29) is 11.6 Å². The largest absolute Gasteiger partial charge is 0.497 e. The minimum Gasteiger partial charge on any atom is -0.497 e. The van der Waals surface area contributed by atoms with Gasteiger partial charge in [-0.25, -0.2) is 9.48 Å². The molecule has 2 aromatic rings. The number of nitrogen functional groups attached to an aromatic ring is 1. The van der Waals surface area contributed by atoms with Crippen molar-refractivity contribution in [3.63, 3.8) is 0 Å². The molecule has 1 heterocycles. The highest BCUT2D eigenvalue weighted by Crippen LogP contribution is 2.21. The van der Waals surface area contributed by atoms with Crippen molar-refractivity contribution in [2.45, 2.75) is 19.9 Å². The second-order valence-electron chi connectivity index (χ2n) is 4.55. The van der Waals surface area contributed by atoms with Gasteiger partial charge in [-0.1, -0.05) is 0 Å². The molecule has 0 radical (unpaired) electrons. The van der Waals surface area contributed by atoms with Crippen molar-refractivity contribution in [1.82, 2.24) is 9.78 Å². The maximum Gasteiger partial charge on any atom is 0.348 e. The van der Waals surface area contributed by atoms with Crippen molar-refractivity contribution >= 4 is 11.8 Å². The van der Waals surface area contributed by atoms with Crippen LogP contribution in [0.1, 0.15) is 30.2 Å². The highest BCUT2D eigenvalue weighted by molar-refractivity contribution is 5.95. The Morgan fingerprint density at radius 1 is 1.25 bits per heavy atom. The summed E-state index contributed by atoms with van der Waals surface area (Å²) in [6, 6.07) is 6.81. The van der Waals surface area contributed by atoms with Crippen molar-refractivity contribution < 1.29 is 14.3 Å². The number of carbonyl (C=O) groups is 1. The molecule has 6 nitrogen and oxygen atoms in total. The summed E-state index contributed by atoms with van der Waals surface area (Å²) < 4.78 is 11.9. The van der Waals surface area contributed by atoms with Crippen molar-refractivity contribution in [3.8, 4) is 11.5 Å². The summed E-state index contributed by atoms with van der Waals surface area (Å²) in [4.78, 5) is 12.0. The average Bonchev–Trinajstić information content (AvgIpc) is 2.81. The second-order valence-corrected chi connectivity index (χ2v) is 4.55. The van der Waals surface area contributed by atoms with Gasteiger partial charge >= 0.3 is 5.97 Å². The number of hydrogen-bond donors (Lipinski definition) is 1. The number of nitrogens with zero attached hydrogens (tertiary/aromatic N) is 2. The standard InChI is InChI=1S/C14H17N3O3/c1-9(2)17-13(15)12(8-16-17)14(18)20-11-6-4-10(19-3)5-7-11/h4-9H,15H2,1-3H3. The molecule has 0 fully saturated rings. The zero-order valence-corrected chi connectivity index (χ0v) is 11.7. The monoisotopic (exact) mass is 275 g/mol. The third kappa shape index (κ3) is 2.74. The fraction of sp³-hybridized carbons (Fsp3) is 0.286. The lowest BCUT2D eigenvalue weighted by Gasteiger charge is -2.08. The number of methoxy groups -OCH3 is 1. The Morgan fingerprint density at radius 3 is 2.35 bits per heavy atom. The van der Waals surface area contributed by atoms with Crippen LogP contribution < -0.4 is 15.2 Å². The number of esters is 1. The number of ether oxygens (including phenoxy) is 2. The zero-order valence-electron chi connectivity index (χ0n) is 11.7. The van der Waals surface area contributed by atoms with E-state index in [4.69, 9.17) is 15.2 Å². The molecule has 2 N–H and O–H groups in total. The Kier molecular flexibility index (Phi) is 3.93. The van der Waals surface area contributed by atoms with Crippen LogP contribution in [0.4, 0.5) is 5.82 Å². The third-order valence-corrected chi connectivity index (χ3v) is 2.81. The Morgan fingerprint density at radius 2 is 1.85 bits per heavy atom. The van der Waals surface area contributed by atoms with Gasteiger partial charge < -0.3 is 15.2 Å². The van der Waals surface area contributed by atoms with Crippen LogP contribution in [-0.2, 0) is 0 Å². The van der Waals surface area contributed by atoms with Gasteiger partial charge in [-0.05, 0) is 38.1 Å². The van der Waals surface area contributed by atoms with Gasteiger partial charge in [-0.15, -0.1) is 0 Å². The van der Waals surface area contributed by atoms with Crippen molar-refractivity contribution in [2.24, 2.45) is 0 Å². The number of aromatic nitrogens is 2. The molecular formula is C14H17N3O3. The van der Waals surface area contributed by atoms with E-state index in [9.17, 15) is 4.79 Å². The fourth-order valence-corrected chi connectivity index (χ4v) is 1.75. The first kappa shape index (κ1) is 13.9. The average molecular weight is 275 g/mol. The minimum absolute atomic E-state index is 0.0811. The van der Waals surface area contributed by atoms with Crippen LogP contribution in [0.15, 0.2) is 30.5 Å². The second kappa shape index (κ2) is 5.64. The maximum absolute atomic E-state index is 12.0. The van der Waals surface area contributed by atoms with Gasteiger partial charge in [0.15, 0.2) is 0 Å². The van der Waals surface area contributed by atoms with Gasteiger partial charge in [0.25, 0.3) is 0 Å². The molecule has 0 bridgehead atoms. The first-order valence-electron chi connectivity index (χ1n) is 6.22. The molecule has 0 aliphatic rings. The first-order valence-corrected chi connectivity index (χ1v) is 6.22. The summed E-state index contributed by atoms with van der Waals surface area (Å²) in [5.41, 5.74) is 6.14. The SMILES string of the molecule is COc1ccc(OC(=O)c2cnn(C(C)C)c2N)cc1. The third-order valence-electron chi connectivity index (χ3n) is 2.81. The predicted molar refractivity (Wildman–Crippen MR) is 75.0 cm³/mol. The molecule has 0 unspecified atom stereocenters. The van der Waals surface area contributed by atoms with Crippen LogP contribution in [0.2, 0.25) is 0 Å². The van der Waals surface area contributed by atoms with Crippen LogP contribution in [0, 0.1) is 0 Å². The molecule has 0 aliphatic carbocycles. The molecule has 0 saturated carbocycles. The molecule has 1 aromatic heterocycles. The van der Waals surface area contributed by atoms with Gasteiger partial charge in [0.1, 0.15) is 22.9 Å². The number of nitrogens with two attached hydrogens (primary N) is 1. The Hall–Kier alpha value is -2.50. The number of rotatable bonds is 4. The fourth-order valence-electron chi connectivity index (χ4n) is 1.75. The lowest BCUT2D eigenvalue weighted by molar-refractivity contribution is 0.0735. The van der Waals surface area contributed by atoms with Gasteiger partial charge in [0.05, 0.1) is 13.3 Å². The molecule has 2 rings (SSSR count). The summed E-state index contributed by atoms with van der Waals surface area (Å²) in [5, 5.41) is 4.08. The van der Waals surface area contributed by atoms with Crippen LogP contribution in [0.5, 0.6) is 11.5 Å². The van der Waals surface area contributed by atoms with Gasteiger partial charge in [-0.3, -0.25) is 0 Å². The van der Waals surface area contributed by atoms with E-state index in [1.54, 1.807) is 36.1 Å². The maximum atomic E-state index is 12.0. The van der Waals surface area contributed by atoms with Gasteiger partial charge in [0, 0.05) is 6.04 Å². The van der Waals surface area contributed by atoms with E-state index in [0.29, 0.717) is 17.3 Å². The topological polar surface area (TPSA) is 79.4 Å². The molecular weight excluding hydrogens is 258 g/mol. The van der Waals surface area contributed by atoms with Crippen LogP contribution >= 0.6 is 0 Å². The number of benzene rings is 1. The molecule has 0 saturated heterocycles. The molecule has 0 aliphatic heterocycles. The Bertz CT molecular complexity index is 603. The van der Waals surface area contributed by atoms with Gasteiger partial charge in [0.2, 0.25) is 0 Å². The normalized spacial score (nSPS) is 10.6. The van der Waals surface area contributed by atoms with Crippen molar-refractivity contribution in [3.05, 3.63) is 36.0 Å². The molecule has 0 spiro atoms. The van der Waals surface area contributed by atoms with E-state index < -0.39 is 5.97 Å². The number of anilines is 1. The van der Waals surface area contributed by atoms with Crippen molar-refractivity contribution in [1.29, 1.82) is 0 Å². The minimum atomic E-state index is -0.528. The van der Waals surface area contributed by atoms with Crippen LogP contribution in [0.25, 0.3) is 0 Å². The van der Waals surface area contributed by atoms with Crippen molar-refractivity contribution in [2.75, 3.05) is 12.8 Å². The highest BCUT2D eigenvalue weighted by Gasteiger charge is 2.18. The van der Waals surface area contributed by atoms with E-state index in [2.05, 4.69) is 5.10 Å².